The van der Waals surface area contributed by atoms with E-state index in [1.807, 2.05) is 24.3 Å². The number of methoxy groups -OCH3 is 1. The van der Waals surface area contributed by atoms with Crippen LogP contribution in [0.15, 0.2) is 24.3 Å². The van der Waals surface area contributed by atoms with E-state index in [1.54, 1.807) is 7.11 Å². The topological polar surface area (TPSA) is 86.5 Å². The Kier molecular flexibility index (Phi) is 5.67. The third-order valence-corrected chi connectivity index (χ3v) is 5.39. The highest BCUT2D eigenvalue weighted by Crippen LogP contribution is 2.33. The Morgan fingerprint density at radius 2 is 2.16 bits per heavy atom. The van der Waals surface area contributed by atoms with E-state index in [-0.39, 0.29) is 12.0 Å². The molecule has 7 heteroatoms. The minimum atomic E-state index is -0.438. The molecule has 0 radical (unpaired) electrons. The molecule has 1 aliphatic heterocycles. The van der Waals surface area contributed by atoms with Crippen molar-refractivity contribution >= 4 is 22.4 Å². The molecule has 1 fully saturated rings. The highest BCUT2D eigenvalue weighted by Gasteiger charge is 2.30. The van der Waals surface area contributed by atoms with Crippen LogP contribution in [0.5, 0.6) is 5.75 Å². The minimum Gasteiger partial charge on any atom is -0.497 e. The van der Waals surface area contributed by atoms with Crippen LogP contribution in [-0.2, 0) is 16.0 Å². The molecule has 0 spiro atoms. The van der Waals surface area contributed by atoms with Crippen molar-refractivity contribution in [2.45, 2.75) is 38.4 Å². The monoisotopic (exact) mass is 361 g/mol. The second-order valence-corrected chi connectivity index (χ2v) is 7.01. The van der Waals surface area contributed by atoms with Gasteiger partial charge in [0, 0.05) is 17.0 Å². The van der Waals surface area contributed by atoms with Crippen LogP contribution in [0.25, 0.3) is 11.3 Å². The van der Waals surface area contributed by atoms with Gasteiger partial charge in [-0.2, -0.15) is 0 Å². The van der Waals surface area contributed by atoms with Crippen LogP contribution in [0.1, 0.15) is 24.6 Å². The van der Waals surface area contributed by atoms with Gasteiger partial charge >= 0.3 is 0 Å². The fourth-order valence-corrected chi connectivity index (χ4v) is 3.80. The summed E-state index contributed by atoms with van der Waals surface area (Å²) in [7, 11) is 1.64. The number of amides is 1. The molecule has 2 aromatic rings. The summed E-state index contributed by atoms with van der Waals surface area (Å²) in [6.07, 6.45) is 1.92. The van der Waals surface area contributed by atoms with Crippen molar-refractivity contribution in [3.05, 3.63) is 29.1 Å². The molecule has 3 rings (SSSR count). The smallest absolute Gasteiger partial charge is 0.255 e. The molecule has 0 bridgehead atoms. The number of hydrogen-bond acceptors (Lipinski definition) is 6. The van der Waals surface area contributed by atoms with Gasteiger partial charge in [-0.25, -0.2) is 4.98 Å². The van der Waals surface area contributed by atoms with E-state index in [4.69, 9.17) is 15.2 Å². The molecule has 0 saturated carbocycles. The van der Waals surface area contributed by atoms with Gasteiger partial charge in [-0.3, -0.25) is 10.1 Å². The van der Waals surface area contributed by atoms with Crippen LogP contribution >= 0.6 is 11.3 Å². The predicted molar refractivity (Wildman–Crippen MR) is 99.1 cm³/mol. The second kappa shape index (κ2) is 7.95. The first kappa shape index (κ1) is 17.8. The molecule has 1 amide bonds. The Bertz CT molecular complexity index is 730. The largest absolute Gasteiger partial charge is 0.497 e. The first-order chi connectivity index (χ1) is 12.1. The van der Waals surface area contributed by atoms with Crippen LogP contribution in [0.2, 0.25) is 0 Å². The van der Waals surface area contributed by atoms with Gasteiger partial charge in [0.2, 0.25) is 0 Å². The van der Waals surface area contributed by atoms with Gasteiger partial charge in [-0.1, -0.05) is 6.92 Å². The highest BCUT2D eigenvalue weighted by atomic mass is 32.1. The van der Waals surface area contributed by atoms with E-state index in [2.05, 4.69) is 17.2 Å². The lowest BCUT2D eigenvalue weighted by atomic mass is 10.1. The van der Waals surface area contributed by atoms with Gasteiger partial charge < -0.3 is 15.2 Å². The highest BCUT2D eigenvalue weighted by molar-refractivity contribution is 7.16. The molecule has 0 unspecified atom stereocenters. The maximum Gasteiger partial charge on any atom is 0.255 e. The number of benzene rings is 1. The molecule has 2 atom stereocenters. The molecular weight excluding hydrogens is 338 g/mol. The quantitative estimate of drug-likeness (QED) is 0.826. The molecule has 2 heterocycles. The summed E-state index contributed by atoms with van der Waals surface area (Å²) < 4.78 is 10.8. The molecule has 1 aliphatic rings. The number of nitrogens with zero attached hydrogens (tertiary/aromatic N) is 1. The summed E-state index contributed by atoms with van der Waals surface area (Å²) >= 11 is 1.50. The lowest BCUT2D eigenvalue weighted by Crippen LogP contribution is -2.29. The SMILES string of the molecule is CCc1sc(NC(=O)[C@@H]2CC[C@H](CN)O2)nc1-c1ccc(OC)cc1. The standard InChI is InChI=1S/C18H23N3O3S/c1-3-15-16(11-4-6-12(23-2)7-5-11)20-18(25-15)21-17(22)14-9-8-13(10-19)24-14/h4-7,13-14H,3,8-10,19H2,1-2H3,(H,20,21,22)/t13-,14+/m1/s1. The average Bonchev–Trinajstić information content (AvgIpc) is 3.28. The van der Waals surface area contributed by atoms with Gasteiger partial charge in [-0.05, 0) is 43.5 Å². The molecule has 3 N–H and O–H groups in total. The van der Waals surface area contributed by atoms with Crippen molar-refractivity contribution in [1.29, 1.82) is 0 Å². The van der Waals surface area contributed by atoms with Crippen LogP contribution in [-0.4, -0.2) is 36.8 Å². The lowest BCUT2D eigenvalue weighted by molar-refractivity contribution is -0.126. The van der Waals surface area contributed by atoms with Crippen molar-refractivity contribution in [1.82, 2.24) is 4.98 Å². The number of carbonyl (C=O) groups excluding carboxylic acids is 1. The van der Waals surface area contributed by atoms with Crippen LogP contribution in [0.3, 0.4) is 0 Å². The fourth-order valence-electron chi connectivity index (χ4n) is 2.88. The number of ether oxygens (including phenoxy) is 2. The lowest BCUT2D eigenvalue weighted by Gasteiger charge is -2.11. The third-order valence-electron chi connectivity index (χ3n) is 4.27. The summed E-state index contributed by atoms with van der Waals surface area (Å²) in [5.41, 5.74) is 7.51. The number of aromatic nitrogens is 1. The van der Waals surface area contributed by atoms with Gasteiger partial charge in [0.25, 0.3) is 5.91 Å². The molecule has 1 aromatic heterocycles. The molecule has 25 heavy (non-hydrogen) atoms. The summed E-state index contributed by atoms with van der Waals surface area (Å²) in [6, 6.07) is 7.77. The van der Waals surface area contributed by atoms with Gasteiger partial charge in [0.05, 0.1) is 18.9 Å². The number of hydrogen-bond donors (Lipinski definition) is 2. The summed E-state index contributed by atoms with van der Waals surface area (Å²) in [5.74, 6) is 0.659. The van der Waals surface area contributed by atoms with E-state index in [0.717, 1.165) is 34.7 Å². The summed E-state index contributed by atoms with van der Waals surface area (Å²) in [4.78, 5) is 18.1. The first-order valence-electron chi connectivity index (χ1n) is 8.45. The molecule has 1 saturated heterocycles. The average molecular weight is 361 g/mol. The Hall–Kier alpha value is -1.96. The molecular formula is C18H23N3O3S. The maximum atomic E-state index is 12.4. The van der Waals surface area contributed by atoms with Crippen molar-refractivity contribution < 1.29 is 14.3 Å². The third kappa shape index (κ3) is 4.00. The zero-order valence-corrected chi connectivity index (χ0v) is 15.3. The van der Waals surface area contributed by atoms with Gasteiger partial charge in [-0.15, -0.1) is 11.3 Å². The normalized spacial score (nSPS) is 19.8. The number of carbonyl (C=O) groups is 1. The summed E-state index contributed by atoms with van der Waals surface area (Å²) in [6.45, 7) is 2.53. The van der Waals surface area contributed by atoms with E-state index in [9.17, 15) is 4.79 Å². The number of thiazole rings is 1. The number of aryl methyl sites for hydroxylation is 1. The molecule has 0 aliphatic carbocycles. The fraction of sp³-hybridized carbons (Fsp3) is 0.444. The van der Waals surface area contributed by atoms with E-state index in [1.165, 1.54) is 11.3 Å². The van der Waals surface area contributed by atoms with Crippen LogP contribution in [0, 0.1) is 0 Å². The van der Waals surface area contributed by atoms with Gasteiger partial charge in [0.15, 0.2) is 5.13 Å². The molecule has 6 nitrogen and oxygen atoms in total. The number of nitrogens with one attached hydrogen (secondary N) is 1. The van der Waals surface area contributed by atoms with Crippen LogP contribution < -0.4 is 15.8 Å². The Balaban J connectivity index is 1.74. The molecule has 134 valence electrons. The number of rotatable bonds is 6. The first-order valence-corrected chi connectivity index (χ1v) is 9.26. The van der Waals surface area contributed by atoms with E-state index < -0.39 is 6.10 Å². The van der Waals surface area contributed by atoms with E-state index >= 15 is 0 Å². The van der Waals surface area contributed by atoms with Crippen molar-refractivity contribution in [3.8, 4) is 17.0 Å². The zero-order chi connectivity index (χ0) is 17.8. The van der Waals surface area contributed by atoms with Crippen molar-refractivity contribution in [2.24, 2.45) is 5.73 Å². The Morgan fingerprint density at radius 3 is 2.76 bits per heavy atom. The van der Waals surface area contributed by atoms with Gasteiger partial charge in [0.1, 0.15) is 11.9 Å². The predicted octanol–water partition coefficient (Wildman–Crippen LogP) is 2.83. The zero-order valence-electron chi connectivity index (χ0n) is 14.5. The molecule has 1 aromatic carbocycles. The van der Waals surface area contributed by atoms with Crippen molar-refractivity contribution in [3.63, 3.8) is 0 Å². The second-order valence-electron chi connectivity index (χ2n) is 5.92. The van der Waals surface area contributed by atoms with Crippen molar-refractivity contribution in [2.75, 3.05) is 19.0 Å². The summed E-state index contributed by atoms with van der Waals surface area (Å²) in [5, 5.41) is 3.50. The number of anilines is 1. The van der Waals surface area contributed by atoms with E-state index in [0.29, 0.717) is 18.1 Å². The Morgan fingerprint density at radius 1 is 1.40 bits per heavy atom. The Labute approximate surface area is 151 Å². The minimum absolute atomic E-state index is 0.0203. The maximum absolute atomic E-state index is 12.4. The van der Waals surface area contributed by atoms with Crippen LogP contribution in [0.4, 0.5) is 5.13 Å². The number of nitrogens with two attached hydrogens (primary N) is 1.